The Balaban J connectivity index is 2.75. The normalized spacial score (nSPS) is 10.2. The van der Waals surface area contributed by atoms with Gasteiger partial charge >= 0.3 is 5.69 Å². The van der Waals surface area contributed by atoms with Gasteiger partial charge in [0.05, 0.1) is 11.5 Å². The maximum Gasteiger partial charge on any atom is 0.310 e. The molecule has 0 atom stereocenters. The van der Waals surface area contributed by atoms with Crippen molar-refractivity contribution in [3.8, 4) is 5.75 Å². The second-order valence-corrected chi connectivity index (χ2v) is 5.19. The van der Waals surface area contributed by atoms with Crippen LogP contribution in [0.3, 0.4) is 0 Å². The molecule has 0 unspecified atom stereocenters. The van der Waals surface area contributed by atoms with E-state index in [1.165, 1.54) is 6.07 Å². The highest BCUT2D eigenvalue weighted by Crippen LogP contribution is 2.28. The van der Waals surface area contributed by atoms with Crippen molar-refractivity contribution in [3.05, 3.63) is 33.9 Å². The summed E-state index contributed by atoms with van der Waals surface area (Å²) in [5.74, 6) is 2.21. The Morgan fingerprint density at radius 1 is 1.53 bits per heavy atom. The summed E-state index contributed by atoms with van der Waals surface area (Å²) in [4.78, 5) is 10.4. The number of ether oxygens (including phenoxy) is 1. The first kappa shape index (κ1) is 14.3. The first-order chi connectivity index (χ1) is 8.19. The largest absolute Gasteiger partial charge is 0.486 e. The molecule has 0 aliphatic heterocycles. The lowest BCUT2D eigenvalue weighted by atomic mass is 10.2. The predicted octanol–water partition coefficient (Wildman–Crippen LogP) is 3.62. The van der Waals surface area contributed by atoms with Gasteiger partial charge in [0.15, 0.2) is 5.75 Å². The Morgan fingerprint density at radius 2 is 2.29 bits per heavy atom. The zero-order valence-electron chi connectivity index (χ0n) is 9.52. The van der Waals surface area contributed by atoms with Crippen LogP contribution in [0.4, 0.5) is 5.69 Å². The van der Waals surface area contributed by atoms with E-state index in [2.05, 4.69) is 22.9 Å². The number of hydrogen-bond acceptors (Lipinski definition) is 4. The molecule has 4 nitrogen and oxygen atoms in total. The third-order valence-electron chi connectivity index (χ3n) is 2.06. The van der Waals surface area contributed by atoms with Crippen LogP contribution in [0, 0.1) is 10.1 Å². The highest BCUT2D eigenvalue weighted by Gasteiger charge is 2.15. The average Bonchev–Trinajstić information content (AvgIpc) is 2.34. The minimum atomic E-state index is -0.416. The van der Waals surface area contributed by atoms with Gasteiger partial charge in [0.1, 0.15) is 0 Å². The Morgan fingerprint density at radius 3 is 2.88 bits per heavy atom. The van der Waals surface area contributed by atoms with E-state index < -0.39 is 4.92 Å². The molecular formula is C11H14BrNO3S. The number of nitro benzene ring substituents is 1. The molecule has 0 spiro atoms. The van der Waals surface area contributed by atoms with Crippen LogP contribution in [0.25, 0.3) is 0 Å². The Labute approximate surface area is 113 Å². The fraction of sp³-hybridized carbons (Fsp3) is 0.455. The van der Waals surface area contributed by atoms with E-state index in [0.29, 0.717) is 17.7 Å². The van der Waals surface area contributed by atoms with Gasteiger partial charge in [-0.05, 0) is 17.4 Å². The zero-order valence-corrected chi connectivity index (χ0v) is 11.9. The Hall–Kier alpha value is -0.750. The minimum absolute atomic E-state index is 0.0243. The molecule has 1 aromatic carbocycles. The lowest BCUT2D eigenvalue weighted by Gasteiger charge is -2.07. The van der Waals surface area contributed by atoms with E-state index in [1.54, 1.807) is 23.9 Å². The van der Waals surface area contributed by atoms with Crippen LogP contribution in [0.5, 0.6) is 5.75 Å². The van der Waals surface area contributed by atoms with Gasteiger partial charge < -0.3 is 4.74 Å². The predicted molar refractivity (Wildman–Crippen MR) is 74.2 cm³/mol. The van der Waals surface area contributed by atoms with Gasteiger partial charge in [-0.3, -0.25) is 10.1 Å². The van der Waals surface area contributed by atoms with Crippen LogP contribution < -0.4 is 4.74 Å². The van der Waals surface area contributed by atoms with Crippen molar-refractivity contribution in [2.45, 2.75) is 12.3 Å². The molecule has 0 aromatic heterocycles. The van der Waals surface area contributed by atoms with Crippen molar-refractivity contribution in [2.24, 2.45) is 0 Å². The van der Waals surface area contributed by atoms with Gasteiger partial charge in [-0.2, -0.15) is 11.8 Å². The molecule has 0 aliphatic carbocycles. The molecule has 94 valence electrons. The van der Waals surface area contributed by atoms with Crippen molar-refractivity contribution >= 4 is 33.4 Å². The summed E-state index contributed by atoms with van der Waals surface area (Å²) in [6, 6.07) is 4.92. The smallest absolute Gasteiger partial charge is 0.310 e. The number of nitrogens with zero attached hydrogens (tertiary/aromatic N) is 1. The quantitative estimate of drug-likeness (QED) is 0.333. The van der Waals surface area contributed by atoms with Crippen molar-refractivity contribution < 1.29 is 9.66 Å². The third-order valence-corrected chi connectivity index (χ3v) is 3.58. The summed E-state index contributed by atoms with van der Waals surface area (Å²) < 4.78 is 5.46. The maximum atomic E-state index is 10.8. The Bertz CT molecular complexity index is 387. The van der Waals surface area contributed by atoms with Gasteiger partial charge in [0.25, 0.3) is 0 Å². The molecule has 6 heteroatoms. The van der Waals surface area contributed by atoms with E-state index in [1.807, 2.05) is 0 Å². The van der Waals surface area contributed by atoms with E-state index in [9.17, 15) is 10.1 Å². The van der Waals surface area contributed by atoms with Gasteiger partial charge in [0.2, 0.25) is 0 Å². The molecule has 0 radical (unpaired) electrons. The second kappa shape index (κ2) is 7.55. The molecular weight excluding hydrogens is 306 g/mol. The number of alkyl halides is 1. The molecule has 0 fully saturated rings. The van der Waals surface area contributed by atoms with Gasteiger partial charge in [-0.25, -0.2) is 0 Å². The minimum Gasteiger partial charge on any atom is -0.486 e. The van der Waals surface area contributed by atoms with Gasteiger partial charge in [-0.15, -0.1) is 0 Å². The Kier molecular flexibility index (Phi) is 6.36. The summed E-state index contributed by atoms with van der Waals surface area (Å²) in [5.41, 5.74) is 0.991. The zero-order chi connectivity index (χ0) is 12.7. The lowest BCUT2D eigenvalue weighted by molar-refractivity contribution is -0.385. The van der Waals surface area contributed by atoms with E-state index >= 15 is 0 Å². The summed E-state index contributed by atoms with van der Waals surface area (Å²) in [6.07, 6.45) is 0. The average molecular weight is 320 g/mol. The molecule has 1 rings (SSSR count). The summed E-state index contributed by atoms with van der Waals surface area (Å²) in [7, 11) is 0. The molecule has 0 aliphatic rings. The molecule has 0 amide bonds. The molecule has 0 heterocycles. The van der Waals surface area contributed by atoms with Crippen LogP contribution in [0.15, 0.2) is 18.2 Å². The monoisotopic (exact) mass is 319 g/mol. The fourth-order valence-electron chi connectivity index (χ4n) is 1.26. The van der Waals surface area contributed by atoms with Crippen molar-refractivity contribution in [1.29, 1.82) is 0 Å². The molecule has 0 bridgehead atoms. The van der Waals surface area contributed by atoms with Crippen molar-refractivity contribution in [2.75, 3.05) is 18.1 Å². The summed E-state index contributed by atoms with van der Waals surface area (Å²) >= 11 is 5.06. The van der Waals surface area contributed by atoms with Crippen LogP contribution in [-0.4, -0.2) is 23.0 Å². The second-order valence-electron chi connectivity index (χ2n) is 3.24. The van der Waals surface area contributed by atoms with Crippen LogP contribution in [0.1, 0.15) is 12.5 Å². The van der Waals surface area contributed by atoms with Crippen molar-refractivity contribution in [3.63, 3.8) is 0 Å². The van der Waals surface area contributed by atoms with Crippen LogP contribution in [-0.2, 0) is 5.33 Å². The lowest BCUT2D eigenvalue weighted by Crippen LogP contribution is -2.03. The SMILES string of the molecule is CCSCCOc1cc(CBr)ccc1[N+](=O)[O-]. The summed E-state index contributed by atoms with van der Waals surface area (Å²) in [6.45, 7) is 2.56. The fourth-order valence-corrected chi connectivity index (χ4v) is 2.10. The molecule has 0 N–H and O–H groups in total. The number of halogens is 1. The standard InChI is InChI=1S/C11H14BrNO3S/c1-2-17-6-5-16-11-7-9(8-12)3-4-10(11)13(14)15/h3-4,7H,2,5-6,8H2,1H3. The number of nitro groups is 1. The van der Waals surface area contributed by atoms with E-state index in [-0.39, 0.29) is 5.69 Å². The molecule has 0 saturated carbocycles. The molecule has 17 heavy (non-hydrogen) atoms. The third kappa shape index (κ3) is 4.55. The maximum absolute atomic E-state index is 10.8. The first-order valence-electron chi connectivity index (χ1n) is 5.22. The van der Waals surface area contributed by atoms with Crippen molar-refractivity contribution in [1.82, 2.24) is 0 Å². The molecule has 0 saturated heterocycles. The van der Waals surface area contributed by atoms with Crippen LogP contribution >= 0.6 is 27.7 Å². The number of hydrogen-bond donors (Lipinski definition) is 0. The van der Waals surface area contributed by atoms with E-state index in [4.69, 9.17) is 4.74 Å². The highest BCUT2D eigenvalue weighted by molar-refractivity contribution is 9.08. The highest BCUT2D eigenvalue weighted by atomic mass is 79.9. The van der Waals surface area contributed by atoms with Gasteiger partial charge in [-0.1, -0.05) is 28.9 Å². The number of benzene rings is 1. The number of thioether (sulfide) groups is 1. The molecule has 1 aromatic rings. The first-order valence-corrected chi connectivity index (χ1v) is 7.50. The topological polar surface area (TPSA) is 52.4 Å². The number of rotatable bonds is 7. The van der Waals surface area contributed by atoms with E-state index in [0.717, 1.165) is 17.1 Å². The van der Waals surface area contributed by atoms with Gasteiger partial charge in [0, 0.05) is 17.1 Å². The summed E-state index contributed by atoms with van der Waals surface area (Å²) in [5, 5.41) is 11.5. The van der Waals surface area contributed by atoms with Crippen LogP contribution in [0.2, 0.25) is 0 Å².